The molecule has 1 aliphatic heterocycles. The van der Waals surface area contributed by atoms with Crippen molar-refractivity contribution in [2.24, 2.45) is 0 Å². The van der Waals surface area contributed by atoms with E-state index in [4.69, 9.17) is 0 Å². The molecule has 0 aliphatic carbocycles. The van der Waals surface area contributed by atoms with E-state index in [-0.39, 0.29) is 11.5 Å². The summed E-state index contributed by atoms with van der Waals surface area (Å²) >= 11 is 1.25. The van der Waals surface area contributed by atoms with Crippen molar-refractivity contribution in [1.82, 2.24) is 19.7 Å². The van der Waals surface area contributed by atoms with E-state index in [1.807, 2.05) is 0 Å². The molecule has 1 aliphatic rings. The van der Waals surface area contributed by atoms with Gasteiger partial charge in [0, 0.05) is 24.9 Å². The van der Waals surface area contributed by atoms with E-state index in [0.29, 0.717) is 28.4 Å². The number of halogens is 2. The van der Waals surface area contributed by atoms with Gasteiger partial charge >= 0.3 is 0 Å². The van der Waals surface area contributed by atoms with E-state index in [1.54, 1.807) is 31.2 Å². The molecule has 174 valence electrons. The third-order valence-corrected chi connectivity index (χ3v) is 7.05. The van der Waals surface area contributed by atoms with Gasteiger partial charge in [0.1, 0.15) is 22.3 Å². The molecule has 3 heterocycles. The van der Waals surface area contributed by atoms with Crippen LogP contribution in [-0.4, -0.2) is 25.7 Å². The highest BCUT2D eigenvalue weighted by molar-refractivity contribution is 7.14. The van der Waals surface area contributed by atoms with Crippen molar-refractivity contribution in [3.63, 3.8) is 0 Å². The Balaban J connectivity index is 1.37. The number of hydrogen-bond donors (Lipinski definition) is 1. The Labute approximate surface area is 199 Å². The zero-order valence-electron chi connectivity index (χ0n) is 18.6. The summed E-state index contributed by atoms with van der Waals surface area (Å²) in [6.07, 6.45) is 4.64. The Morgan fingerprint density at radius 1 is 1.09 bits per heavy atom. The van der Waals surface area contributed by atoms with Gasteiger partial charge in [0.05, 0.1) is 16.4 Å². The Morgan fingerprint density at radius 3 is 2.74 bits per heavy atom. The predicted octanol–water partition coefficient (Wildman–Crippen LogP) is 5.56. The lowest BCUT2D eigenvalue weighted by Gasteiger charge is -2.10. The van der Waals surface area contributed by atoms with Crippen molar-refractivity contribution < 1.29 is 13.6 Å². The van der Waals surface area contributed by atoms with E-state index in [2.05, 4.69) is 25.1 Å². The molecule has 5 rings (SSSR count). The molecule has 1 N–H and O–H groups in total. The number of carbonyl (C=O) groups excluding carboxylic acids is 1. The van der Waals surface area contributed by atoms with Crippen LogP contribution < -0.4 is 5.32 Å². The summed E-state index contributed by atoms with van der Waals surface area (Å²) in [6, 6.07) is 10.8. The summed E-state index contributed by atoms with van der Waals surface area (Å²) in [5.74, 6) is 0.378. The molecular formula is C25H23F2N5OS. The van der Waals surface area contributed by atoms with Gasteiger partial charge in [0.25, 0.3) is 5.91 Å². The minimum absolute atomic E-state index is 0.0846. The van der Waals surface area contributed by atoms with Gasteiger partial charge in [-0.15, -0.1) is 21.5 Å². The van der Waals surface area contributed by atoms with Crippen LogP contribution in [0.2, 0.25) is 0 Å². The number of carbonyl (C=O) groups is 1. The molecule has 0 spiro atoms. The first-order valence-corrected chi connectivity index (χ1v) is 12.0. The number of fused-ring (bicyclic) bond motifs is 1. The van der Waals surface area contributed by atoms with Gasteiger partial charge in [-0.1, -0.05) is 18.6 Å². The van der Waals surface area contributed by atoms with Crippen LogP contribution in [-0.2, 0) is 19.4 Å². The average molecular weight is 480 g/mol. The first-order valence-electron chi connectivity index (χ1n) is 11.2. The van der Waals surface area contributed by atoms with Gasteiger partial charge < -0.3 is 9.88 Å². The number of nitrogens with zero attached hydrogens (tertiary/aromatic N) is 4. The molecule has 0 bridgehead atoms. The van der Waals surface area contributed by atoms with Crippen LogP contribution in [0.1, 0.15) is 51.0 Å². The third kappa shape index (κ3) is 4.61. The SMILES string of the molecule is Cc1nc(Cc2ccc(F)cc2)sc1C(=O)Nc1cc(-c2nnc3n2CCCCC3)ccc1F. The second kappa shape index (κ2) is 9.42. The molecule has 0 atom stereocenters. The van der Waals surface area contributed by atoms with Crippen molar-refractivity contribution in [3.8, 4) is 11.4 Å². The van der Waals surface area contributed by atoms with Crippen LogP contribution in [0.5, 0.6) is 0 Å². The van der Waals surface area contributed by atoms with Gasteiger partial charge in [0.15, 0.2) is 5.82 Å². The van der Waals surface area contributed by atoms with E-state index in [9.17, 15) is 13.6 Å². The first-order chi connectivity index (χ1) is 16.5. The number of thiazole rings is 1. The Kier molecular flexibility index (Phi) is 6.19. The van der Waals surface area contributed by atoms with Gasteiger partial charge in [-0.25, -0.2) is 13.8 Å². The van der Waals surface area contributed by atoms with Gasteiger partial charge in [-0.2, -0.15) is 0 Å². The number of amides is 1. The van der Waals surface area contributed by atoms with Crippen LogP contribution in [0.15, 0.2) is 42.5 Å². The summed E-state index contributed by atoms with van der Waals surface area (Å²) in [7, 11) is 0. The molecule has 2 aromatic carbocycles. The zero-order valence-corrected chi connectivity index (χ0v) is 19.5. The maximum absolute atomic E-state index is 14.6. The van der Waals surface area contributed by atoms with Crippen LogP contribution in [0.4, 0.5) is 14.5 Å². The molecule has 4 aromatic rings. The van der Waals surface area contributed by atoms with Crippen molar-refractivity contribution in [1.29, 1.82) is 0 Å². The molecule has 0 unspecified atom stereocenters. The monoisotopic (exact) mass is 479 g/mol. The lowest BCUT2D eigenvalue weighted by molar-refractivity contribution is 0.102. The average Bonchev–Trinajstić information content (AvgIpc) is 3.31. The minimum atomic E-state index is -0.526. The van der Waals surface area contributed by atoms with Crippen molar-refractivity contribution in [2.45, 2.75) is 45.6 Å². The van der Waals surface area contributed by atoms with Crippen LogP contribution in [0.3, 0.4) is 0 Å². The Hall–Kier alpha value is -3.46. The normalized spacial score (nSPS) is 13.4. The fourth-order valence-electron chi connectivity index (χ4n) is 4.15. The molecular weight excluding hydrogens is 456 g/mol. The third-order valence-electron chi connectivity index (χ3n) is 5.90. The molecule has 6 nitrogen and oxygen atoms in total. The molecule has 0 saturated heterocycles. The van der Waals surface area contributed by atoms with Crippen molar-refractivity contribution in [3.05, 3.63) is 81.1 Å². The number of aryl methyl sites for hydroxylation is 2. The summed E-state index contributed by atoms with van der Waals surface area (Å²) in [6.45, 7) is 2.57. The number of aromatic nitrogens is 4. The minimum Gasteiger partial charge on any atom is -0.319 e. The number of anilines is 1. The zero-order chi connectivity index (χ0) is 23.7. The van der Waals surface area contributed by atoms with E-state index >= 15 is 0 Å². The fourth-order valence-corrected chi connectivity index (χ4v) is 5.15. The lowest BCUT2D eigenvalue weighted by Crippen LogP contribution is -2.13. The second-order valence-electron chi connectivity index (χ2n) is 8.38. The molecule has 0 radical (unpaired) electrons. The number of rotatable bonds is 5. The van der Waals surface area contributed by atoms with E-state index in [0.717, 1.165) is 48.6 Å². The van der Waals surface area contributed by atoms with Crippen LogP contribution in [0.25, 0.3) is 11.4 Å². The molecule has 1 amide bonds. The van der Waals surface area contributed by atoms with Gasteiger partial charge in [-0.05, 0) is 55.7 Å². The lowest BCUT2D eigenvalue weighted by atomic mass is 10.1. The fraction of sp³-hybridized carbons (Fsp3) is 0.280. The summed E-state index contributed by atoms with van der Waals surface area (Å²) in [5.41, 5.74) is 2.25. The summed E-state index contributed by atoms with van der Waals surface area (Å²) in [4.78, 5) is 17.9. The Morgan fingerprint density at radius 2 is 1.91 bits per heavy atom. The van der Waals surface area contributed by atoms with Gasteiger partial charge in [0.2, 0.25) is 0 Å². The van der Waals surface area contributed by atoms with E-state index in [1.165, 1.54) is 29.5 Å². The van der Waals surface area contributed by atoms with E-state index < -0.39 is 11.7 Å². The highest BCUT2D eigenvalue weighted by Gasteiger charge is 2.20. The Bertz CT molecular complexity index is 1350. The summed E-state index contributed by atoms with van der Waals surface area (Å²) in [5, 5.41) is 12.1. The topological polar surface area (TPSA) is 72.7 Å². The molecule has 34 heavy (non-hydrogen) atoms. The van der Waals surface area contributed by atoms with Crippen LogP contribution >= 0.6 is 11.3 Å². The number of hydrogen-bond acceptors (Lipinski definition) is 5. The maximum atomic E-state index is 14.6. The van der Waals surface area contributed by atoms with Gasteiger partial charge in [-0.3, -0.25) is 4.79 Å². The molecule has 2 aromatic heterocycles. The maximum Gasteiger partial charge on any atom is 0.267 e. The molecule has 9 heteroatoms. The second-order valence-corrected chi connectivity index (χ2v) is 9.46. The quantitative estimate of drug-likeness (QED) is 0.407. The standard InChI is InChI=1S/C25H23F2N5OS/c1-15-23(34-22(28-15)13-16-6-9-18(26)10-7-16)25(33)29-20-14-17(8-11-19(20)27)24-31-30-21-5-3-2-4-12-32(21)24/h6-11,14H,2-5,12-13H2,1H3,(H,29,33). The molecule has 0 fully saturated rings. The predicted molar refractivity (Wildman–Crippen MR) is 127 cm³/mol. The van der Waals surface area contributed by atoms with Crippen LogP contribution in [0, 0.1) is 18.6 Å². The summed E-state index contributed by atoms with van der Waals surface area (Å²) < 4.78 is 29.9. The number of benzene rings is 2. The smallest absolute Gasteiger partial charge is 0.267 e. The number of nitrogens with one attached hydrogen (secondary N) is 1. The van der Waals surface area contributed by atoms with Crippen molar-refractivity contribution >= 4 is 22.9 Å². The largest absolute Gasteiger partial charge is 0.319 e. The first kappa shape index (κ1) is 22.3. The molecule has 0 saturated carbocycles. The van der Waals surface area contributed by atoms with Crippen molar-refractivity contribution in [2.75, 3.05) is 5.32 Å². The highest BCUT2D eigenvalue weighted by atomic mass is 32.1. The highest BCUT2D eigenvalue weighted by Crippen LogP contribution is 2.28.